The zero-order chi connectivity index (χ0) is 14.3. The number of aryl methyl sites for hydroxylation is 1. The van der Waals surface area contributed by atoms with Gasteiger partial charge in [0.15, 0.2) is 11.3 Å². The summed E-state index contributed by atoms with van der Waals surface area (Å²) in [6.45, 7) is 1.96. The first-order valence-electron chi connectivity index (χ1n) is 5.96. The maximum absolute atomic E-state index is 11.5. The Morgan fingerprint density at radius 3 is 2.90 bits per heavy atom. The van der Waals surface area contributed by atoms with Crippen LogP contribution in [-0.4, -0.2) is 30.3 Å². The molecule has 0 saturated heterocycles. The number of fused-ring (bicyclic) bond motifs is 1. The Kier molecular flexibility index (Phi) is 2.72. The summed E-state index contributed by atoms with van der Waals surface area (Å²) in [5.74, 6) is 4.67. The molecule has 0 aliphatic rings. The van der Waals surface area contributed by atoms with Gasteiger partial charge in [0.1, 0.15) is 0 Å². The quantitative estimate of drug-likeness (QED) is 0.389. The molecule has 8 nitrogen and oxygen atoms in total. The van der Waals surface area contributed by atoms with Crippen molar-refractivity contribution >= 4 is 11.6 Å². The van der Waals surface area contributed by atoms with Crippen molar-refractivity contribution in [2.45, 2.75) is 6.92 Å². The van der Waals surface area contributed by atoms with Crippen LogP contribution < -0.4 is 11.3 Å². The van der Waals surface area contributed by atoms with Crippen molar-refractivity contribution in [2.24, 2.45) is 12.9 Å². The van der Waals surface area contributed by atoms with Crippen molar-refractivity contribution in [2.75, 3.05) is 0 Å². The molecule has 102 valence electrons. The van der Waals surface area contributed by atoms with E-state index in [0.717, 1.165) is 17.0 Å². The number of nitrogens with one attached hydrogen (secondary N) is 1. The van der Waals surface area contributed by atoms with Crippen LogP contribution in [0.15, 0.2) is 24.5 Å². The van der Waals surface area contributed by atoms with Crippen molar-refractivity contribution < 1.29 is 4.79 Å². The van der Waals surface area contributed by atoms with Gasteiger partial charge in [0.2, 0.25) is 0 Å². The Morgan fingerprint density at radius 1 is 1.45 bits per heavy atom. The summed E-state index contributed by atoms with van der Waals surface area (Å²) in [5.41, 5.74) is 5.60. The van der Waals surface area contributed by atoms with Gasteiger partial charge in [0, 0.05) is 30.6 Å². The van der Waals surface area contributed by atoms with E-state index < -0.39 is 5.91 Å². The van der Waals surface area contributed by atoms with E-state index in [2.05, 4.69) is 20.6 Å². The van der Waals surface area contributed by atoms with E-state index in [0.29, 0.717) is 5.65 Å². The molecule has 0 aliphatic heterocycles. The normalized spacial score (nSPS) is 10.9. The van der Waals surface area contributed by atoms with Crippen LogP contribution in [0.1, 0.15) is 16.2 Å². The number of carbonyl (C=O) groups is 1. The van der Waals surface area contributed by atoms with Gasteiger partial charge in [-0.15, -0.1) is 0 Å². The predicted octanol–water partition coefficient (Wildman–Crippen LogP) is 0.0417. The SMILES string of the molecule is Cc1c(-c2ccnc3cc(C(=O)NN)nn23)cnn1C. The number of carbonyl (C=O) groups excluding carboxylic acids is 1. The largest absolute Gasteiger partial charge is 0.289 e. The third-order valence-corrected chi connectivity index (χ3v) is 3.23. The second-order valence-corrected chi connectivity index (χ2v) is 4.37. The molecule has 0 atom stereocenters. The molecule has 3 aromatic heterocycles. The van der Waals surface area contributed by atoms with Crippen molar-refractivity contribution in [1.29, 1.82) is 0 Å². The van der Waals surface area contributed by atoms with E-state index in [9.17, 15) is 4.79 Å². The van der Waals surface area contributed by atoms with Gasteiger partial charge in [-0.05, 0) is 13.0 Å². The lowest BCUT2D eigenvalue weighted by atomic mass is 10.2. The minimum absolute atomic E-state index is 0.217. The molecular weight excluding hydrogens is 258 g/mol. The van der Waals surface area contributed by atoms with Gasteiger partial charge in [-0.2, -0.15) is 10.2 Å². The summed E-state index contributed by atoms with van der Waals surface area (Å²) >= 11 is 0. The highest BCUT2D eigenvalue weighted by molar-refractivity contribution is 5.93. The molecule has 1 amide bonds. The molecule has 3 N–H and O–H groups in total. The highest BCUT2D eigenvalue weighted by atomic mass is 16.2. The smallest absolute Gasteiger partial charge is 0.285 e. The van der Waals surface area contributed by atoms with Crippen LogP contribution in [0.4, 0.5) is 0 Å². The van der Waals surface area contributed by atoms with E-state index in [1.807, 2.05) is 20.0 Å². The van der Waals surface area contributed by atoms with Gasteiger partial charge in [-0.1, -0.05) is 0 Å². The molecule has 0 bridgehead atoms. The average molecular weight is 271 g/mol. The topological polar surface area (TPSA) is 103 Å². The minimum Gasteiger partial charge on any atom is -0.289 e. The monoisotopic (exact) mass is 271 g/mol. The van der Waals surface area contributed by atoms with E-state index >= 15 is 0 Å². The molecule has 0 saturated carbocycles. The minimum atomic E-state index is -0.454. The van der Waals surface area contributed by atoms with Crippen molar-refractivity contribution in [1.82, 2.24) is 29.8 Å². The number of nitrogens with zero attached hydrogens (tertiary/aromatic N) is 5. The van der Waals surface area contributed by atoms with Crippen molar-refractivity contribution in [3.63, 3.8) is 0 Å². The van der Waals surface area contributed by atoms with Gasteiger partial charge in [0.25, 0.3) is 5.91 Å². The van der Waals surface area contributed by atoms with E-state index in [-0.39, 0.29) is 5.69 Å². The standard InChI is InChI=1S/C12H13N7O/c1-7-8(6-15-18(7)2)10-3-4-14-11-5-9(12(20)16-13)17-19(10)11/h3-6H,13H2,1-2H3,(H,16,20). The molecule has 0 aromatic carbocycles. The van der Waals surface area contributed by atoms with E-state index in [1.54, 1.807) is 27.7 Å². The molecule has 0 spiro atoms. The van der Waals surface area contributed by atoms with Crippen LogP contribution in [0.3, 0.4) is 0 Å². The molecule has 0 fully saturated rings. The zero-order valence-corrected chi connectivity index (χ0v) is 11.0. The molecule has 3 rings (SSSR count). The maximum Gasteiger partial charge on any atom is 0.285 e. The van der Waals surface area contributed by atoms with Crippen molar-refractivity contribution in [3.8, 4) is 11.3 Å². The second-order valence-electron chi connectivity index (χ2n) is 4.37. The molecule has 0 unspecified atom stereocenters. The predicted molar refractivity (Wildman–Crippen MR) is 71.6 cm³/mol. The van der Waals surface area contributed by atoms with Gasteiger partial charge in [-0.25, -0.2) is 15.3 Å². The Morgan fingerprint density at radius 2 is 2.25 bits per heavy atom. The van der Waals surface area contributed by atoms with Gasteiger partial charge in [-0.3, -0.25) is 14.9 Å². The molecule has 3 aromatic rings. The summed E-state index contributed by atoms with van der Waals surface area (Å²) in [5, 5.41) is 8.45. The molecule has 3 heterocycles. The van der Waals surface area contributed by atoms with Crippen LogP contribution in [0, 0.1) is 6.92 Å². The number of nitrogen functional groups attached to an aromatic ring is 1. The Balaban J connectivity index is 2.24. The Hall–Kier alpha value is -2.74. The van der Waals surface area contributed by atoms with Crippen molar-refractivity contribution in [3.05, 3.63) is 35.9 Å². The molecule has 0 aliphatic carbocycles. The number of rotatable bonds is 2. The van der Waals surface area contributed by atoms with Crippen LogP contribution >= 0.6 is 0 Å². The first kappa shape index (κ1) is 12.3. The lowest BCUT2D eigenvalue weighted by Gasteiger charge is -2.03. The Labute approximate surface area is 114 Å². The van der Waals surface area contributed by atoms with Crippen LogP contribution in [0.2, 0.25) is 0 Å². The first-order valence-corrected chi connectivity index (χ1v) is 5.96. The number of hydrogen-bond donors (Lipinski definition) is 2. The van der Waals surface area contributed by atoms with E-state index in [1.165, 1.54) is 0 Å². The summed E-state index contributed by atoms with van der Waals surface area (Å²) < 4.78 is 3.38. The first-order chi connectivity index (χ1) is 9.61. The highest BCUT2D eigenvalue weighted by Crippen LogP contribution is 2.22. The lowest BCUT2D eigenvalue weighted by molar-refractivity contribution is 0.0948. The van der Waals surface area contributed by atoms with Gasteiger partial charge < -0.3 is 0 Å². The molecule has 8 heteroatoms. The third kappa shape index (κ3) is 1.74. The third-order valence-electron chi connectivity index (χ3n) is 3.23. The summed E-state index contributed by atoms with van der Waals surface area (Å²) in [7, 11) is 1.87. The van der Waals surface area contributed by atoms with Gasteiger partial charge >= 0.3 is 0 Å². The van der Waals surface area contributed by atoms with E-state index in [4.69, 9.17) is 5.84 Å². The molecular formula is C12H13N7O. The number of hydrogen-bond acceptors (Lipinski definition) is 5. The fourth-order valence-electron chi connectivity index (χ4n) is 2.03. The summed E-state index contributed by atoms with van der Waals surface area (Å²) in [6.07, 6.45) is 3.43. The summed E-state index contributed by atoms with van der Waals surface area (Å²) in [6, 6.07) is 3.41. The number of amides is 1. The number of hydrazine groups is 1. The summed E-state index contributed by atoms with van der Waals surface area (Å²) in [4.78, 5) is 15.7. The maximum atomic E-state index is 11.5. The fourth-order valence-corrected chi connectivity index (χ4v) is 2.03. The van der Waals surface area contributed by atoms with Gasteiger partial charge in [0.05, 0.1) is 11.9 Å². The zero-order valence-electron chi connectivity index (χ0n) is 11.0. The van der Waals surface area contributed by atoms with Crippen LogP contribution in [-0.2, 0) is 7.05 Å². The second kappa shape index (κ2) is 4.42. The van der Waals surface area contributed by atoms with Crippen LogP contribution in [0.5, 0.6) is 0 Å². The highest BCUT2D eigenvalue weighted by Gasteiger charge is 2.15. The van der Waals surface area contributed by atoms with Crippen LogP contribution in [0.25, 0.3) is 16.9 Å². The number of aromatic nitrogens is 5. The fraction of sp³-hybridized carbons (Fsp3) is 0.167. The molecule has 20 heavy (non-hydrogen) atoms. The number of nitrogens with two attached hydrogens (primary N) is 1. The molecule has 0 radical (unpaired) electrons. The Bertz CT molecular complexity index is 801. The lowest BCUT2D eigenvalue weighted by Crippen LogP contribution is -2.30. The average Bonchev–Trinajstić information content (AvgIpc) is 3.03.